The van der Waals surface area contributed by atoms with Crippen LogP contribution in [0.25, 0.3) is 10.8 Å². The Hall–Kier alpha value is -2.53. The van der Waals surface area contributed by atoms with Crippen LogP contribution in [-0.4, -0.2) is 24.6 Å². The molecule has 0 aliphatic heterocycles. The summed E-state index contributed by atoms with van der Waals surface area (Å²) in [6.07, 6.45) is 0. The smallest absolute Gasteiger partial charge is 0.317 e. The van der Waals surface area contributed by atoms with Gasteiger partial charge >= 0.3 is 6.03 Å². The minimum absolute atomic E-state index is 0.0364. The second-order valence-electron chi connectivity index (χ2n) is 5.80. The summed E-state index contributed by atoms with van der Waals surface area (Å²) < 4.78 is 5.25. The SMILES string of the molecule is CCN(Cc1cccs1)C(=O)NCc1ccc2cc(OC)ccc2c1. The van der Waals surface area contributed by atoms with E-state index >= 15 is 0 Å². The average Bonchev–Trinajstić information content (AvgIpc) is 3.16. The van der Waals surface area contributed by atoms with Crippen LogP contribution >= 0.6 is 11.3 Å². The van der Waals surface area contributed by atoms with Crippen molar-refractivity contribution < 1.29 is 9.53 Å². The third-order valence-electron chi connectivity index (χ3n) is 4.15. The number of urea groups is 1. The van der Waals surface area contributed by atoms with Gasteiger partial charge in [0.25, 0.3) is 0 Å². The van der Waals surface area contributed by atoms with Crippen molar-refractivity contribution in [1.82, 2.24) is 10.2 Å². The lowest BCUT2D eigenvalue weighted by Gasteiger charge is -2.20. The fourth-order valence-electron chi connectivity index (χ4n) is 2.72. The number of carbonyl (C=O) groups is 1. The number of carbonyl (C=O) groups excluding carboxylic acids is 1. The van der Waals surface area contributed by atoms with Gasteiger partial charge in [-0.1, -0.05) is 24.3 Å². The molecule has 0 spiro atoms. The van der Waals surface area contributed by atoms with E-state index in [0.29, 0.717) is 19.6 Å². The van der Waals surface area contributed by atoms with E-state index in [1.807, 2.05) is 47.5 Å². The van der Waals surface area contributed by atoms with Crippen LogP contribution in [0.4, 0.5) is 4.79 Å². The number of fused-ring (bicyclic) bond motifs is 1. The summed E-state index contributed by atoms with van der Waals surface area (Å²) in [6.45, 7) is 3.84. The van der Waals surface area contributed by atoms with Crippen molar-refractivity contribution >= 4 is 28.1 Å². The maximum atomic E-state index is 12.4. The summed E-state index contributed by atoms with van der Waals surface area (Å²) >= 11 is 1.67. The molecule has 4 nitrogen and oxygen atoms in total. The number of ether oxygens (including phenoxy) is 1. The van der Waals surface area contributed by atoms with Crippen LogP contribution in [0.1, 0.15) is 17.4 Å². The monoisotopic (exact) mass is 354 g/mol. The molecule has 0 atom stereocenters. The lowest BCUT2D eigenvalue weighted by atomic mass is 10.1. The minimum Gasteiger partial charge on any atom is -0.497 e. The number of benzene rings is 2. The van der Waals surface area contributed by atoms with Gasteiger partial charge in [0.05, 0.1) is 13.7 Å². The first kappa shape index (κ1) is 17.3. The molecule has 1 heterocycles. The molecule has 3 rings (SSSR count). The maximum Gasteiger partial charge on any atom is 0.317 e. The van der Waals surface area contributed by atoms with Crippen molar-refractivity contribution in [3.8, 4) is 5.75 Å². The summed E-state index contributed by atoms with van der Waals surface area (Å²) in [5, 5.41) is 7.31. The van der Waals surface area contributed by atoms with Gasteiger partial charge in [0.15, 0.2) is 0 Å². The van der Waals surface area contributed by atoms with Gasteiger partial charge in [0.2, 0.25) is 0 Å². The van der Waals surface area contributed by atoms with Crippen LogP contribution in [0.2, 0.25) is 0 Å². The van der Waals surface area contributed by atoms with E-state index in [1.165, 1.54) is 4.88 Å². The molecule has 130 valence electrons. The largest absolute Gasteiger partial charge is 0.497 e. The fraction of sp³-hybridized carbons (Fsp3) is 0.250. The molecule has 0 bridgehead atoms. The van der Waals surface area contributed by atoms with Gasteiger partial charge in [-0.3, -0.25) is 0 Å². The Kier molecular flexibility index (Phi) is 5.56. The fourth-order valence-corrected chi connectivity index (χ4v) is 3.44. The zero-order chi connectivity index (χ0) is 17.6. The Bertz CT molecular complexity index is 846. The Morgan fingerprint density at radius 1 is 1.16 bits per heavy atom. The van der Waals surface area contributed by atoms with E-state index in [9.17, 15) is 4.79 Å². The maximum absolute atomic E-state index is 12.4. The highest BCUT2D eigenvalue weighted by Gasteiger charge is 2.12. The molecule has 1 N–H and O–H groups in total. The molecule has 0 unspecified atom stereocenters. The van der Waals surface area contributed by atoms with Gasteiger partial charge in [-0.2, -0.15) is 0 Å². The number of amides is 2. The lowest BCUT2D eigenvalue weighted by molar-refractivity contribution is 0.198. The van der Waals surface area contributed by atoms with Crippen molar-refractivity contribution in [1.29, 1.82) is 0 Å². The van der Waals surface area contributed by atoms with Crippen molar-refractivity contribution in [2.45, 2.75) is 20.0 Å². The van der Waals surface area contributed by atoms with E-state index < -0.39 is 0 Å². The highest BCUT2D eigenvalue weighted by atomic mass is 32.1. The van der Waals surface area contributed by atoms with Crippen LogP contribution in [0.5, 0.6) is 5.75 Å². The molecule has 0 saturated heterocycles. The summed E-state index contributed by atoms with van der Waals surface area (Å²) in [5.74, 6) is 0.848. The lowest BCUT2D eigenvalue weighted by Crippen LogP contribution is -2.38. The molecule has 0 aliphatic carbocycles. The Morgan fingerprint density at radius 3 is 2.68 bits per heavy atom. The highest BCUT2D eigenvalue weighted by molar-refractivity contribution is 7.09. The summed E-state index contributed by atoms with van der Waals surface area (Å²) in [4.78, 5) is 15.4. The highest BCUT2D eigenvalue weighted by Crippen LogP contribution is 2.22. The van der Waals surface area contributed by atoms with Gasteiger partial charge in [-0.05, 0) is 52.9 Å². The van der Waals surface area contributed by atoms with Gasteiger partial charge < -0.3 is 15.0 Å². The minimum atomic E-state index is -0.0364. The number of hydrogen-bond donors (Lipinski definition) is 1. The number of nitrogens with zero attached hydrogens (tertiary/aromatic N) is 1. The standard InChI is InChI=1S/C20H22N2O2S/c1-3-22(14-19-5-4-10-25-19)20(23)21-13-15-6-7-17-12-18(24-2)9-8-16(17)11-15/h4-12H,3,13-14H2,1-2H3,(H,21,23). The van der Waals surface area contributed by atoms with Crippen LogP contribution in [-0.2, 0) is 13.1 Å². The zero-order valence-electron chi connectivity index (χ0n) is 14.5. The molecule has 0 saturated carbocycles. The molecule has 5 heteroatoms. The normalized spacial score (nSPS) is 10.6. The first-order valence-corrected chi connectivity index (χ1v) is 9.19. The quantitative estimate of drug-likeness (QED) is 0.700. The molecule has 1 aromatic heterocycles. The molecule has 2 amide bonds. The Labute approximate surface area is 152 Å². The van der Waals surface area contributed by atoms with Crippen molar-refractivity contribution in [3.63, 3.8) is 0 Å². The number of hydrogen-bond acceptors (Lipinski definition) is 3. The topological polar surface area (TPSA) is 41.6 Å². The van der Waals surface area contributed by atoms with Gasteiger partial charge in [-0.15, -0.1) is 11.3 Å². The van der Waals surface area contributed by atoms with E-state index in [4.69, 9.17) is 4.74 Å². The molecule has 3 aromatic rings. The molecular formula is C20H22N2O2S. The van der Waals surface area contributed by atoms with E-state index in [1.54, 1.807) is 18.4 Å². The Balaban J connectivity index is 1.63. The third-order valence-corrected chi connectivity index (χ3v) is 5.01. The number of nitrogens with one attached hydrogen (secondary N) is 1. The van der Waals surface area contributed by atoms with Gasteiger partial charge in [-0.25, -0.2) is 4.79 Å². The van der Waals surface area contributed by atoms with Crippen molar-refractivity contribution in [2.75, 3.05) is 13.7 Å². The van der Waals surface area contributed by atoms with Gasteiger partial charge in [0.1, 0.15) is 5.75 Å². The molecule has 0 fully saturated rings. The number of methoxy groups -OCH3 is 1. The number of thiophene rings is 1. The summed E-state index contributed by atoms with van der Waals surface area (Å²) in [6, 6.07) is 16.2. The van der Waals surface area contributed by atoms with Crippen LogP contribution in [0.3, 0.4) is 0 Å². The predicted octanol–water partition coefficient (Wildman–Crippen LogP) is 4.64. The first-order chi connectivity index (χ1) is 12.2. The second kappa shape index (κ2) is 8.03. The molecule has 2 aromatic carbocycles. The van der Waals surface area contributed by atoms with E-state index in [2.05, 4.69) is 23.5 Å². The molecule has 25 heavy (non-hydrogen) atoms. The summed E-state index contributed by atoms with van der Waals surface area (Å²) in [7, 11) is 1.67. The molecular weight excluding hydrogens is 332 g/mol. The predicted molar refractivity (Wildman–Crippen MR) is 103 cm³/mol. The van der Waals surface area contributed by atoms with E-state index in [0.717, 1.165) is 22.1 Å². The zero-order valence-corrected chi connectivity index (χ0v) is 15.3. The van der Waals surface area contributed by atoms with Gasteiger partial charge in [0, 0.05) is 18.0 Å². The molecule has 0 radical (unpaired) electrons. The van der Waals surface area contributed by atoms with Crippen LogP contribution in [0.15, 0.2) is 53.9 Å². The Morgan fingerprint density at radius 2 is 1.96 bits per heavy atom. The van der Waals surface area contributed by atoms with Crippen LogP contribution in [0, 0.1) is 0 Å². The molecule has 0 aliphatic rings. The average molecular weight is 354 g/mol. The van der Waals surface area contributed by atoms with Crippen LogP contribution < -0.4 is 10.1 Å². The summed E-state index contributed by atoms with van der Waals surface area (Å²) in [5.41, 5.74) is 1.08. The third kappa shape index (κ3) is 4.31. The second-order valence-corrected chi connectivity index (χ2v) is 6.83. The van der Waals surface area contributed by atoms with Crippen molar-refractivity contribution in [2.24, 2.45) is 0 Å². The van der Waals surface area contributed by atoms with E-state index in [-0.39, 0.29) is 6.03 Å². The first-order valence-electron chi connectivity index (χ1n) is 8.31. The number of rotatable bonds is 6. The van der Waals surface area contributed by atoms with Crippen molar-refractivity contribution in [3.05, 3.63) is 64.4 Å².